The van der Waals surface area contributed by atoms with Crippen molar-refractivity contribution in [3.05, 3.63) is 193 Å². The van der Waals surface area contributed by atoms with Crippen LogP contribution in [-0.2, 0) is 5.41 Å². The van der Waals surface area contributed by atoms with E-state index >= 15 is 0 Å². The summed E-state index contributed by atoms with van der Waals surface area (Å²) in [6.07, 6.45) is 0. The molecule has 276 valence electrons. The van der Waals surface area contributed by atoms with E-state index in [1.165, 1.54) is 76.8 Å². The molecule has 0 saturated carbocycles. The molecule has 0 amide bonds. The summed E-state index contributed by atoms with van der Waals surface area (Å²) in [5.74, 6) is 0. The van der Waals surface area contributed by atoms with Gasteiger partial charge in [-0.15, -0.1) is 0 Å². The van der Waals surface area contributed by atoms with Crippen LogP contribution in [0.1, 0.15) is 25.0 Å². The number of rotatable bonds is 3. The lowest BCUT2D eigenvalue weighted by Crippen LogP contribution is -2.14. The van der Waals surface area contributed by atoms with E-state index in [0.29, 0.717) is 0 Å². The highest BCUT2D eigenvalue weighted by Crippen LogP contribution is 2.52. The van der Waals surface area contributed by atoms with Gasteiger partial charge in [-0.05, 0) is 118 Å². The van der Waals surface area contributed by atoms with Crippen molar-refractivity contribution in [2.75, 3.05) is 0 Å². The van der Waals surface area contributed by atoms with E-state index in [9.17, 15) is 0 Å². The first-order valence-electron chi connectivity index (χ1n) is 20.5. The molecule has 0 fully saturated rings. The largest absolute Gasteiger partial charge is 0.456 e. The fraction of sp³-hybridized carbons (Fsp3) is 0.0526. The number of hydrogen-bond acceptors (Lipinski definition) is 2. The van der Waals surface area contributed by atoms with E-state index in [1.54, 1.807) is 0 Å². The molecule has 0 atom stereocenters. The molecule has 1 aliphatic carbocycles. The van der Waals surface area contributed by atoms with Crippen molar-refractivity contribution >= 4 is 76.2 Å². The number of fused-ring (bicyclic) bond motifs is 14. The number of benzene rings is 10. The molecule has 0 bridgehead atoms. The summed E-state index contributed by atoms with van der Waals surface area (Å²) in [7, 11) is 0. The summed E-state index contributed by atoms with van der Waals surface area (Å²) in [5.41, 5.74) is 16.2. The van der Waals surface area contributed by atoms with Crippen molar-refractivity contribution < 1.29 is 8.83 Å². The molecule has 1 aliphatic rings. The summed E-state index contributed by atoms with van der Waals surface area (Å²) >= 11 is 0. The van der Waals surface area contributed by atoms with Crippen LogP contribution in [0.3, 0.4) is 0 Å². The van der Waals surface area contributed by atoms with Crippen LogP contribution in [0.4, 0.5) is 0 Å². The summed E-state index contributed by atoms with van der Waals surface area (Å²) in [6, 6.07) is 66.5. The smallest absolute Gasteiger partial charge is 0.147 e. The van der Waals surface area contributed by atoms with E-state index in [1.807, 2.05) is 12.1 Å². The Labute approximate surface area is 340 Å². The minimum atomic E-state index is -0.0307. The Bertz CT molecular complexity index is 3690. The van der Waals surface area contributed by atoms with Crippen molar-refractivity contribution in [2.24, 2.45) is 0 Å². The number of para-hydroxylation sites is 1. The van der Waals surface area contributed by atoms with Crippen molar-refractivity contribution in [1.82, 2.24) is 0 Å². The van der Waals surface area contributed by atoms with Crippen LogP contribution in [0.2, 0.25) is 0 Å². The van der Waals surface area contributed by atoms with Crippen molar-refractivity contribution in [3.8, 4) is 44.5 Å². The second kappa shape index (κ2) is 11.8. The molecule has 0 saturated heterocycles. The van der Waals surface area contributed by atoms with Crippen LogP contribution >= 0.6 is 0 Å². The minimum Gasteiger partial charge on any atom is -0.456 e. The van der Waals surface area contributed by atoms with Crippen LogP contribution in [0.5, 0.6) is 0 Å². The van der Waals surface area contributed by atoms with Gasteiger partial charge in [0, 0.05) is 21.6 Å². The quantitative estimate of drug-likeness (QED) is 0.168. The van der Waals surface area contributed by atoms with E-state index in [-0.39, 0.29) is 5.41 Å². The van der Waals surface area contributed by atoms with Gasteiger partial charge < -0.3 is 8.83 Å². The summed E-state index contributed by atoms with van der Waals surface area (Å²) < 4.78 is 13.1. The molecule has 0 radical (unpaired) electrons. The van der Waals surface area contributed by atoms with Gasteiger partial charge in [-0.2, -0.15) is 0 Å². The molecule has 2 heterocycles. The van der Waals surface area contributed by atoms with Gasteiger partial charge in [-0.25, -0.2) is 0 Å². The van der Waals surface area contributed by atoms with Gasteiger partial charge >= 0.3 is 0 Å². The molecule has 0 spiro atoms. The van der Waals surface area contributed by atoms with E-state index in [4.69, 9.17) is 8.83 Å². The first kappa shape index (κ1) is 32.6. The highest BCUT2D eigenvalue weighted by molar-refractivity contribution is 6.28. The van der Waals surface area contributed by atoms with Crippen LogP contribution < -0.4 is 0 Å². The Morgan fingerprint density at radius 3 is 1.61 bits per heavy atom. The zero-order valence-electron chi connectivity index (χ0n) is 32.6. The molecule has 10 aromatic carbocycles. The van der Waals surface area contributed by atoms with E-state index in [0.717, 1.165) is 55.0 Å². The highest BCUT2D eigenvalue weighted by atomic mass is 16.3. The number of hydrogen-bond donors (Lipinski definition) is 0. The monoisotopic (exact) mass is 752 g/mol. The van der Waals surface area contributed by atoms with Crippen LogP contribution in [0.15, 0.2) is 191 Å². The molecule has 59 heavy (non-hydrogen) atoms. The maximum absolute atomic E-state index is 6.83. The maximum Gasteiger partial charge on any atom is 0.147 e. The molecule has 2 nitrogen and oxygen atoms in total. The summed E-state index contributed by atoms with van der Waals surface area (Å²) in [5, 5.41) is 11.8. The third kappa shape index (κ3) is 4.46. The molecule has 2 heteroatoms. The van der Waals surface area contributed by atoms with E-state index < -0.39 is 0 Å². The second-order valence-corrected chi connectivity index (χ2v) is 16.7. The highest BCUT2D eigenvalue weighted by Gasteiger charge is 2.35. The lowest BCUT2D eigenvalue weighted by Gasteiger charge is -2.22. The minimum absolute atomic E-state index is 0.0307. The zero-order valence-corrected chi connectivity index (χ0v) is 32.6. The van der Waals surface area contributed by atoms with Gasteiger partial charge in [0.05, 0.1) is 5.39 Å². The van der Waals surface area contributed by atoms with Gasteiger partial charge in [0.1, 0.15) is 22.3 Å². The predicted molar refractivity (Wildman–Crippen MR) is 247 cm³/mol. The van der Waals surface area contributed by atoms with E-state index in [2.05, 4.69) is 184 Å². The second-order valence-electron chi connectivity index (χ2n) is 16.7. The lowest BCUT2D eigenvalue weighted by atomic mass is 9.81. The topological polar surface area (TPSA) is 26.3 Å². The standard InChI is InChI=1S/C57H36O2/c1-57(2)47-21-11-9-14-37(47)46-31-35(27-29-48(46)57)53-41-18-7-5-16-39(41)52(40-17-6-8-19-42(40)53)34-25-23-33(24-26-34)45-32-51-54(38-15-4-3-13-36(38)45)44-28-30-50-55(56(44)59-51)43-20-10-12-22-49(43)58-50/h3-32H,1-2H3. The van der Waals surface area contributed by atoms with Gasteiger partial charge in [-0.1, -0.05) is 166 Å². The Hall–Kier alpha value is -7.42. The molecule has 12 aromatic rings. The van der Waals surface area contributed by atoms with Gasteiger partial charge in [0.15, 0.2) is 0 Å². The summed E-state index contributed by atoms with van der Waals surface area (Å²) in [6.45, 7) is 4.70. The lowest BCUT2D eigenvalue weighted by molar-refractivity contribution is 0.660. The Morgan fingerprint density at radius 1 is 0.322 bits per heavy atom. The SMILES string of the molecule is CC1(C)c2ccccc2-c2cc(-c3c4ccccc4c(-c4ccc(-c5cc6oc7c(ccc8oc9ccccc9c87)c6c6ccccc56)cc4)c4ccccc34)ccc21. The zero-order chi connectivity index (χ0) is 39.0. The molecule has 13 rings (SSSR count). The van der Waals surface area contributed by atoms with Crippen LogP contribution in [0.25, 0.3) is 121 Å². The van der Waals surface area contributed by atoms with Crippen LogP contribution in [-0.4, -0.2) is 0 Å². The first-order valence-corrected chi connectivity index (χ1v) is 20.5. The van der Waals surface area contributed by atoms with Gasteiger partial charge in [-0.3, -0.25) is 0 Å². The van der Waals surface area contributed by atoms with Gasteiger partial charge in [0.2, 0.25) is 0 Å². The first-order chi connectivity index (χ1) is 29.0. The summed E-state index contributed by atoms with van der Waals surface area (Å²) in [4.78, 5) is 0. The Morgan fingerprint density at radius 2 is 0.881 bits per heavy atom. The average Bonchev–Trinajstić information content (AvgIpc) is 3.93. The molecular formula is C57H36O2. The average molecular weight is 753 g/mol. The fourth-order valence-electron chi connectivity index (χ4n) is 10.6. The normalized spacial score (nSPS) is 13.4. The third-order valence-electron chi connectivity index (χ3n) is 13.3. The molecule has 0 aliphatic heterocycles. The molecular weight excluding hydrogens is 717 g/mol. The maximum atomic E-state index is 6.83. The van der Waals surface area contributed by atoms with Crippen LogP contribution in [0, 0.1) is 0 Å². The Balaban J connectivity index is 0.986. The molecule has 0 unspecified atom stereocenters. The number of furan rings is 2. The Kier molecular flexibility index (Phi) is 6.54. The molecule has 0 N–H and O–H groups in total. The predicted octanol–water partition coefficient (Wildman–Crippen LogP) is 16.3. The van der Waals surface area contributed by atoms with Crippen molar-refractivity contribution in [2.45, 2.75) is 19.3 Å². The van der Waals surface area contributed by atoms with Gasteiger partial charge in [0.25, 0.3) is 0 Å². The molecule has 2 aromatic heterocycles. The third-order valence-corrected chi connectivity index (χ3v) is 13.3. The fourth-order valence-corrected chi connectivity index (χ4v) is 10.6. The van der Waals surface area contributed by atoms with Crippen molar-refractivity contribution in [3.63, 3.8) is 0 Å². The van der Waals surface area contributed by atoms with Crippen molar-refractivity contribution in [1.29, 1.82) is 0 Å².